The molecule has 1 heterocycles. The molecule has 6 nitrogen and oxygen atoms in total. The molecular weight excluding hydrogens is 515 g/mol. The molecule has 2 aromatic rings. The van der Waals surface area contributed by atoms with E-state index in [1.807, 2.05) is 0 Å². The number of ether oxygens (including phenoxy) is 2. The number of hydrogen-bond acceptors (Lipinski definition) is 5. The number of amides is 2. The maximum atomic E-state index is 13.0. The molecule has 28 heavy (non-hydrogen) atoms. The highest BCUT2D eigenvalue weighted by Gasteiger charge is 2.34. The van der Waals surface area contributed by atoms with Crippen molar-refractivity contribution in [1.29, 1.82) is 0 Å². The van der Waals surface area contributed by atoms with Crippen LogP contribution in [0.1, 0.15) is 5.56 Å². The fraction of sp³-hybridized carbons (Fsp3) is 0.105. The van der Waals surface area contributed by atoms with Crippen molar-refractivity contribution < 1.29 is 19.1 Å². The molecular formula is C19H14ClIN2O4S. The Kier molecular flexibility index (Phi) is 6.21. The quantitative estimate of drug-likeness (QED) is 0.283. The van der Waals surface area contributed by atoms with E-state index >= 15 is 0 Å². The van der Waals surface area contributed by atoms with Crippen molar-refractivity contribution in [3.63, 3.8) is 0 Å². The number of nitrogens with zero attached hydrogens (tertiary/aromatic N) is 1. The number of carbonyl (C=O) groups is 2. The maximum Gasteiger partial charge on any atom is 0.270 e. The van der Waals surface area contributed by atoms with Crippen LogP contribution in [0.25, 0.3) is 6.08 Å². The van der Waals surface area contributed by atoms with Gasteiger partial charge in [0.05, 0.1) is 23.5 Å². The van der Waals surface area contributed by atoms with E-state index < -0.39 is 11.8 Å². The Morgan fingerprint density at radius 1 is 1.14 bits per heavy atom. The van der Waals surface area contributed by atoms with Crippen molar-refractivity contribution in [2.24, 2.45) is 0 Å². The van der Waals surface area contributed by atoms with Crippen LogP contribution < -0.4 is 19.7 Å². The smallest absolute Gasteiger partial charge is 0.270 e. The average Bonchev–Trinajstić information content (AvgIpc) is 2.66. The van der Waals surface area contributed by atoms with Gasteiger partial charge in [-0.05, 0) is 82.8 Å². The number of halogens is 2. The molecule has 0 unspecified atom stereocenters. The maximum absolute atomic E-state index is 13.0. The summed E-state index contributed by atoms with van der Waals surface area (Å²) < 4.78 is 11.4. The molecule has 0 saturated carbocycles. The SMILES string of the molecule is COc1cc(/C=C2\C(=O)NC(=S)N(c3ccc(Cl)cc3)C2=O)cc(I)c1OC. The number of methoxy groups -OCH3 is 2. The van der Waals surface area contributed by atoms with Crippen LogP contribution in [0.5, 0.6) is 11.5 Å². The van der Waals surface area contributed by atoms with Crippen molar-refractivity contribution in [3.05, 3.63) is 56.1 Å². The zero-order valence-electron chi connectivity index (χ0n) is 14.8. The number of benzene rings is 2. The minimum Gasteiger partial charge on any atom is -0.493 e. The van der Waals surface area contributed by atoms with Crippen LogP contribution in [0.2, 0.25) is 5.02 Å². The van der Waals surface area contributed by atoms with Gasteiger partial charge in [-0.15, -0.1) is 0 Å². The summed E-state index contributed by atoms with van der Waals surface area (Å²) in [6.07, 6.45) is 1.49. The van der Waals surface area contributed by atoms with E-state index in [-0.39, 0.29) is 10.7 Å². The molecule has 144 valence electrons. The Morgan fingerprint density at radius 2 is 1.82 bits per heavy atom. The third-order valence-corrected chi connectivity index (χ3v) is 5.29. The predicted octanol–water partition coefficient (Wildman–Crippen LogP) is 3.79. The van der Waals surface area contributed by atoms with Gasteiger partial charge in [-0.25, -0.2) is 0 Å². The van der Waals surface area contributed by atoms with Crippen molar-refractivity contribution in [3.8, 4) is 11.5 Å². The molecule has 2 aromatic carbocycles. The van der Waals surface area contributed by atoms with Crippen molar-refractivity contribution in [2.45, 2.75) is 0 Å². The lowest BCUT2D eigenvalue weighted by atomic mass is 10.1. The molecule has 1 aliphatic heterocycles. The van der Waals surface area contributed by atoms with E-state index in [9.17, 15) is 9.59 Å². The lowest BCUT2D eigenvalue weighted by molar-refractivity contribution is -0.122. The minimum atomic E-state index is -0.565. The predicted molar refractivity (Wildman–Crippen MR) is 120 cm³/mol. The number of rotatable bonds is 4. The molecule has 0 aliphatic carbocycles. The highest BCUT2D eigenvalue weighted by molar-refractivity contribution is 14.1. The molecule has 1 fully saturated rings. The van der Waals surface area contributed by atoms with Gasteiger partial charge in [0.1, 0.15) is 5.57 Å². The summed E-state index contributed by atoms with van der Waals surface area (Å²) in [4.78, 5) is 26.7. The summed E-state index contributed by atoms with van der Waals surface area (Å²) in [6.45, 7) is 0. The van der Waals surface area contributed by atoms with E-state index in [0.717, 1.165) is 3.57 Å². The third-order valence-electron chi connectivity index (χ3n) is 3.95. The number of anilines is 1. The van der Waals surface area contributed by atoms with Gasteiger partial charge in [-0.2, -0.15) is 0 Å². The summed E-state index contributed by atoms with van der Waals surface area (Å²) in [6, 6.07) is 10.1. The van der Waals surface area contributed by atoms with Gasteiger partial charge in [-0.1, -0.05) is 11.6 Å². The van der Waals surface area contributed by atoms with E-state index in [1.54, 1.807) is 43.5 Å². The summed E-state index contributed by atoms with van der Waals surface area (Å²) in [7, 11) is 3.06. The molecule has 0 atom stereocenters. The van der Waals surface area contributed by atoms with Gasteiger partial charge >= 0.3 is 0 Å². The summed E-state index contributed by atoms with van der Waals surface area (Å²) >= 11 is 13.2. The highest BCUT2D eigenvalue weighted by Crippen LogP contribution is 2.34. The Bertz CT molecular complexity index is 1010. The molecule has 1 saturated heterocycles. The van der Waals surface area contributed by atoms with Crippen molar-refractivity contribution in [2.75, 3.05) is 19.1 Å². The molecule has 1 N–H and O–H groups in total. The Labute approximate surface area is 185 Å². The lowest BCUT2D eigenvalue weighted by Gasteiger charge is -2.29. The average molecular weight is 529 g/mol. The van der Waals surface area contributed by atoms with Gasteiger partial charge in [0.25, 0.3) is 11.8 Å². The first-order valence-corrected chi connectivity index (χ1v) is 9.80. The lowest BCUT2D eigenvalue weighted by Crippen LogP contribution is -2.54. The molecule has 0 spiro atoms. The van der Waals surface area contributed by atoms with Crippen LogP contribution in [0.4, 0.5) is 5.69 Å². The molecule has 0 bridgehead atoms. The molecule has 2 amide bonds. The first-order valence-electron chi connectivity index (χ1n) is 7.94. The first kappa shape index (κ1) is 20.6. The Balaban J connectivity index is 2.04. The molecule has 3 rings (SSSR count). The second-order valence-corrected chi connectivity index (χ2v) is 7.66. The number of carbonyl (C=O) groups excluding carboxylic acids is 2. The topological polar surface area (TPSA) is 67.9 Å². The summed E-state index contributed by atoms with van der Waals surface area (Å²) in [5.41, 5.74) is 1.07. The van der Waals surface area contributed by atoms with Crippen molar-refractivity contribution in [1.82, 2.24) is 5.32 Å². The van der Waals surface area contributed by atoms with Crippen LogP contribution in [0.3, 0.4) is 0 Å². The fourth-order valence-electron chi connectivity index (χ4n) is 2.67. The largest absolute Gasteiger partial charge is 0.493 e. The number of nitrogens with one attached hydrogen (secondary N) is 1. The second-order valence-electron chi connectivity index (χ2n) is 5.67. The zero-order chi connectivity index (χ0) is 20.4. The molecule has 1 aliphatic rings. The molecule has 0 aromatic heterocycles. The van der Waals surface area contributed by atoms with Crippen LogP contribution in [0.15, 0.2) is 42.0 Å². The van der Waals surface area contributed by atoms with E-state index in [4.69, 9.17) is 33.3 Å². The van der Waals surface area contributed by atoms with Crippen LogP contribution in [-0.2, 0) is 9.59 Å². The van der Waals surface area contributed by atoms with Crippen LogP contribution in [-0.4, -0.2) is 31.1 Å². The standard InChI is InChI=1S/C19H14ClIN2O4S/c1-26-15-9-10(8-14(21)16(15)27-2)7-13-17(24)22-19(28)23(18(13)25)12-5-3-11(20)4-6-12/h3-9H,1-2H3,(H,22,24,28)/b13-7+. The number of hydrogen-bond donors (Lipinski definition) is 1. The van der Waals surface area contributed by atoms with Gasteiger partial charge in [0, 0.05) is 5.02 Å². The molecule has 9 heteroatoms. The monoisotopic (exact) mass is 528 g/mol. The van der Waals surface area contributed by atoms with Gasteiger partial charge in [0.2, 0.25) is 0 Å². The second kappa shape index (κ2) is 8.46. The number of thiocarbonyl (C=S) groups is 1. The minimum absolute atomic E-state index is 0.0105. The normalized spacial score (nSPS) is 15.6. The Hall–Kier alpha value is -2.17. The fourth-order valence-corrected chi connectivity index (χ4v) is 3.92. The van der Waals surface area contributed by atoms with E-state index in [0.29, 0.717) is 27.8 Å². The van der Waals surface area contributed by atoms with Gasteiger partial charge < -0.3 is 9.47 Å². The molecule has 0 radical (unpaired) electrons. The summed E-state index contributed by atoms with van der Waals surface area (Å²) in [5, 5.41) is 3.08. The van der Waals surface area contributed by atoms with Crippen LogP contribution in [0, 0.1) is 3.57 Å². The van der Waals surface area contributed by atoms with Crippen molar-refractivity contribution >= 4 is 75.1 Å². The van der Waals surface area contributed by atoms with Gasteiger partial charge in [0.15, 0.2) is 16.6 Å². The zero-order valence-corrected chi connectivity index (χ0v) is 18.5. The van der Waals surface area contributed by atoms with Gasteiger partial charge in [-0.3, -0.25) is 19.8 Å². The van der Waals surface area contributed by atoms with E-state index in [1.165, 1.54) is 18.1 Å². The third kappa shape index (κ3) is 3.98. The Morgan fingerprint density at radius 3 is 2.43 bits per heavy atom. The first-order chi connectivity index (χ1) is 13.3. The summed E-state index contributed by atoms with van der Waals surface area (Å²) in [5.74, 6) is -0.0190. The van der Waals surface area contributed by atoms with E-state index in [2.05, 4.69) is 27.9 Å². The van der Waals surface area contributed by atoms with Crippen LogP contribution >= 0.6 is 46.4 Å². The highest BCUT2D eigenvalue weighted by atomic mass is 127.